The van der Waals surface area contributed by atoms with E-state index in [4.69, 9.17) is 10.3 Å². The highest BCUT2D eigenvalue weighted by atomic mass is 32.1. The summed E-state index contributed by atoms with van der Waals surface area (Å²) in [6, 6.07) is 1.95. The number of thiophene rings is 1. The van der Waals surface area contributed by atoms with Gasteiger partial charge in [0.15, 0.2) is 5.82 Å². The van der Waals surface area contributed by atoms with Crippen molar-refractivity contribution >= 4 is 16.3 Å². The number of aryl methyl sites for hydroxylation is 1. The van der Waals surface area contributed by atoms with Gasteiger partial charge in [-0.05, 0) is 43.7 Å². The van der Waals surface area contributed by atoms with Crippen LogP contribution >= 0.6 is 11.3 Å². The van der Waals surface area contributed by atoms with Crippen LogP contribution in [-0.2, 0) is 0 Å². The number of hydrogen-bond acceptors (Lipinski definition) is 5. The lowest BCUT2D eigenvalue weighted by molar-refractivity contribution is 0.415. The van der Waals surface area contributed by atoms with Gasteiger partial charge in [-0.15, -0.1) is 11.3 Å². The molecule has 0 spiro atoms. The summed E-state index contributed by atoms with van der Waals surface area (Å²) in [6.45, 7) is 4.30. The molecule has 5 heteroatoms. The van der Waals surface area contributed by atoms with Crippen molar-refractivity contribution in [1.82, 2.24) is 10.1 Å². The molecular formula is C13H17N3OS. The molecule has 1 saturated carbocycles. The number of anilines is 1. The number of rotatable bonds is 2. The SMILES string of the molecule is Cc1cc(N)sc1-c1nc(C2CCC(C)C2)no1. The van der Waals surface area contributed by atoms with E-state index in [1.807, 2.05) is 13.0 Å². The third-order valence-electron chi connectivity index (χ3n) is 3.63. The van der Waals surface area contributed by atoms with Gasteiger partial charge in [-0.3, -0.25) is 0 Å². The summed E-state index contributed by atoms with van der Waals surface area (Å²) in [7, 11) is 0. The highest BCUT2D eigenvalue weighted by Crippen LogP contribution is 2.38. The lowest BCUT2D eigenvalue weighted by Gasteiger charge is -2.01. The van der Waals surface area contributed by atoms with Crippen molar-refractivity contribution in [2.24, 2.45) is 5.92 Å². The Morgan fingerprint density at radius 3 is 2.89 bits per heavy atom. The second kappa shape index (κ2) is 4.39. The van der Waals surface area contributed by atoms with Crippen molar-refractivity contribution in [2.75, 3.05) is 5.73 Å². The lowest BCUT2D eigenvalue weighted by atomic mass is 10.1. The fourth-order valence-corrected chi connectivity index (χ4v) is 3.52. The molecule has 3 rings (SSSR count). The van der Waals surface area contributed by atoms with E-state index in [9.17, 15) is 0 Å². The molecule has 0 aromatic carbocycles. The molecule has 0 radical (unpaired) electrons. The predicted octanol–water partition coefficient (Wildman–Crippen LogP) is 3.59. The Labute approximate surface area is 110 Å². The van der Waals surface area contributed by atoms with E-state index in [1.54, 1.807) is 0 Å². The van der Waals surface area contributed by atoms with Gasteiger partial charge in [-0.2, -0.15) is 4.98 Å². The Kier molecular flexibility index (Phi) is 2.86. The van der Waals surface area contributed by atoms with Crippen LogP contribution in [0.4, 0.5) is 5.00 Å². The standard InChI is InChI=1S/C13H17N3OS/c1-7-3-4-9(5-7)12-15-13(17-16-12)11-8(2)6-10(14)18-11/h6-7,9H,3-5,14H2,1-2H3. The zero-order valence-corrected chi connectivity index (χ0v) is 11.5. The van der Waals surface area contributed by atoms with Crippen molar-refractivity contribution < 1.29 is 4.52 Å². The molecule has 1 aliphatic rings. The van der Waals surface area contributed by atoms with Crippen LogP contribution in [0.2, 0.25) is 0 Å². The number of nitrogen functional groups attached to an aromatic ring is 1. The van der Waals surface area contributed by atoms with Crippen LogP contribution < -0.4 is 5.73 Å². The van der Waals surface area contributed by atoms with Gasteiger partial charge in [-0.25, -0.2) is 0 Å². The first kappa shape index (κ1) is 11.7. The topological polar surface area (TPSA) is 64.9 Å². The third-order valence-corrected chi connectivity index (χ3v) is 4.69. The zero-order valence-electron chi connectivity index (χ0n) is 10.6. The van der Waals surface area contributed by atoms with Gasteiger partial charge in [0.1, 0.15) is 0 Å². The summed E-state index contributed by atoms with van der Waals surface area (Å²) in [5.41, 5.74) is 6.90. The van der Waals surface area contributed by atoms with Crippen LogP contribution in [0.25, 0.3) is 10.8 Å². The monoisotopic (exact) mass is 263 g/mol. The van der Waals surface area contributed by atoms with Crippen molar-refractivity contribution in [2.45, 2.75) is 39.0 Å². The summed E-state index contributed by atoms with van der Waals surface area (Å²) >= 11 is 1.51. The maximum Gasteiger partial charge on any atom is 0.268 e. The molecule has 2 unspecified atom stereocenters. The summed E-state index contributed by atoms with van der Waals surface area (Å²) in [5, 5.41) is 4.93. The highest BCUT2D eigenvalue weighted by molar-refractivity contribution is 7.19. The molecule has 2 heterocycles. The lowest BCUT2D eigenvalue weighted by Crippen LogP contribution is -1.95. The molecule has 2 aromatic rings. The van der Waals surface area contributed by atoms with Gasteiger partial charge in [0.2, 0.25) is 0 Å². The summed E-state index contributed by atoms with van der Waals surface area (Å²) in [4.78, 5) is 5.55. The quantitative estimate of drug-likeness (QED) is 0.899. The van der Waals surface area contributed by atoms with Crippen molar-refractivity contribution in [3.8, 4) is 10.8 Å². The summed E-state index contributed by atoms with van der Waals surface area (Å²) in [6.07, 6.45) is 3.61. The van der Waals surface area contributed by atoms with Crippen molar-refractivity contribution in [3.63, 3.8) is 0 Å². The second-order valence-corrected chi connectivity index (χ2v) is 6.32. The average molecular weight is 263 g/mol. The normalized spacial score (nSPS) is 23.7. The first-order valence-corrected chi connectivity index (χ1v) is 7.15. The van der Waals surface area contributed by atoms with Crippen LogP contribution in [-0.4, -0.2) is 10.1 Å². The molecule has 2 atom stereocenters. The first-order chi connectivity index (χ1) is 8.63. The van der Waals surface area contributed by atoms with Gasteiger partial charge >= 0.3 is 0 Å². The van der Waals surface area contributed by atoms with E-state index in [2.05, 4.69) is 17.1 Å². The number of hydrogen-bond donors (Lipinski definition) is 1. The van der Waals surface area contributed by atoms with Crippen LogP contribution in [0.15, 0.2) is 10.6 Å². The highest BCUT2D eigenvalue weighted by Gasteiger charge is 2.27. The molecule has 2 N–H and O–H groups in total. The maximum atomic E-state index is 5.79. The Balaban J connectivity index is 1.87. The second-order valence-electron chi connectivity index (χ2n) is 5.23. The predicted molar refractivity (Wildman–Crippen MR) is 72.5 cm³/mol. The molecule has 96 valence electrons. The van der Waals surface area contributed by atoms with Crippen LogP contribution in [0.5, 0.6) is 0 Å². The molecule has 0 aliphatic heterocycles. The van der Waals surface area contributed by atoms with E-state index in [-0.39, 0.29) is 0 Å². The summed E-state index contributed by atoms with van der Waals surface area (Å²) < 4.78 is 5.39. The number of nitrogens with zero attached hydrogens (tertiary/aromatic N) is 2. The fourth-order valence-electron chi connectivity index (χ4n) is 2.65. The third kappa shape index (κ3) is 2.03. The number of nitrogens with two attached hydrogens (primary N) is 1. The molecule has 2 aromatic heterocycles. The largest absolute Gasteiger partial charge is 0.391 e. The maximum absolute atomic E-state index is 5.79. The van der Waals surface area contributed by atoms with Gasteiger partial charge in [-0.1, -0.05) is 12.1 Å². The Morgan fingerprint density at radius 2 is 2.28 bits per heavy atom. The molecule has 4 nitrogen and oxygen atoms in total. The van der Waals surface area contributed by atoms with Crippen LogP contribution in [0.3, 0.4) is 0 Å². The van der Waals surface area contributed by atoms with Gasteiger partial charge in [0.05, 0.1) is 9.88 Å². The van der Waals surface area contributed by atoms with E-state index in [1.165, 1.54) is 30.6 Å². The minimum Gasteiger partial charge on any atom is -0.391 e. The average Bonchev–Trinajstić information content (AvgIpc) is 2.98. The zero-order chi connectivity index (χ0) is 12.7. The molecule has 18 heavy (non-hydrogen) atoms. The van der Waals surface area contributed by atoms with Gasteiger partial charge in [0, 0.05) is 5.92 Å². The molecule has 0 amide bonds. The molecule has 0 bridgehead atoms. The molecule has 1 aliphatic carbocycles. The van der Waals surface area contributed by atoms with E-state index in [0.717, 1.165) is 27.2 Å². The molecular weight excluding hydrogens is 246 g/mol. The number of aromatic nitrogens is 2. The fraction of sp³-hybridized carbons (Fsp3) is 0.538. The van der Waals surface area contributed by atoms with Crippen molar-refractivity contribution in [1.29, 1.82) is 0 Å². The molecule has 1 fully saturated rings. The molecule has 0 saturated heterocycles. The van der Waals surface area contributed by atoms with Crippen LogP contribution in [0.1, 0.15) is 43.5 Å². The first-order valence-electron chi connectivity index (χ1n) is 6.33. The van der Waals surface area contributed by atoms with Crippen LogP contribution in [0, 0.1) is 12.8 Å². The van der Waals surface area contributed by atoms with E-state index < -0.39 is 0 Å². The van der Waals surface area contributed by atoms with Gasteiger partial charge in [0.25, 0.3) is 5.89 Å². The Bertz CT molecular complexity index is 560. The van der Waals surface area contributed by atoms with Gasteiger partial charge < -0.3 is 10.3 Å². The Morgan fingerprint density at radius 1 is 1.44 bits per heavy atom. The van der Waals surface area contributed by atoms with E-state index >= 15 is 0 Å². The minimum absolute atomic E-state index is 0.468. The smallest absolute Gasteiger partial charge is 0.268 e. The summed E-state index contributed by atoms with van der Waals surface area (Å²) in [5.74, 6) is 2.72. The minimum atomic E-state index is 0.468. The van der Waals surface area contributed by atoms with E-state index in [0.29, 0.717) is 11.8 Å². The van der Waals surface area contributed by atoms with Crippen molar-refractivity contribution in [3.05, 3.63) is 17.5 Å². The Hall–Kier alpha value is -1.36.